The summed E-state index contributed by atoms with van der Waals surface area (Å²) in [6.45, 7) is 0.385. The lowest BCUT2D eigenvalue weighted by Crippen LogP contribution is -2.30. The van der Waals surface area contributed by atoms with Crippen molar-refractivity contribution in [3.8, 4) is 0 Å². The van der Waals surface area contributed by atoms with E-state index in [1.165, 1.54) is 18.3 Å². The normalized spacial score (nSPS) is 19.0. The molecule has 2 aromatic rings. The molecule has 1 aliphatic carbocycles. The molecule has 2 aromatic heterocycles. The highest BCUT2D eigenvalue weighted by Gasteiger charge is 2.34. The minimum absolute atomic E-state index is 0.0524. The fraction of sp³-hybridized carbons (Fsp3) is 0.476. The van der Waals surface area contributed by atoms with Crippen LogP contribution in [0.5, 0.6) is 0 Å². The molecular formula is C21H24ClF2N5O3S. The van der Waals surface area contributed by atoms with E-state index in [9.17, 15) is 22.0 Å². The van der Waals surface area contributed by atoms with Crippen LogP contribution in [-0.4, -0.2) is 43.3 Å². The molecule has 0 atom stereocenters. The van der Waals surface area contributed by atoms with Gasteiger partial charge >= 0.3 is 0 Å². The Bertz CT molecular complexity index is 1170. The Hall–Kier alpha value is -2.37. The van der Waals surface area contributed by atoms with Crippen molar-refractivity contribution in [3.63, 3.8) is 0 Å². The first kappa shape index (κ1) is 23.8. The zero-order chi connectivity index (χ0) is 23.8. The van der Waals surface area contributed by atoms with Crippen LogP contribution in [0.1, 0.15) is 60.5 Å². The number of alkyl halides is 2. The monoisotopic (exact) mass is 499 g/mol. The average Bonchev–Trinajstić information content (AvgIpc) is 2.88. The Labute approximate surface area is 195 Å². The third-order valence-corrected chi connectivity index (χ3v) is 7.13. The smallest absolute Gasteiger partial charge is 0.259 e. The molecule has 0 aromatic carbocycles. The van der Waals surface area contributed by atoms with Crippen LogP contribution in [0.15, 0.2) is 29.4 Å². The molecule has 0 bridgehead atoms. The molecule has 12 heteroatoms. The van der Waals surface area contributed by atoms with E-state index >= 15 is 0 Å². The number of aromatic nitrogens is 2. The summed E-state index contributed by atoms with van der Waals surface area (Å²) in [6.07, 6.45) is 3.84. The van der Waals surface area contributed by atoms with Crippen molar-refractivity contribution in [2.45, 2.75) is 55.4 Å². The first-order valence-corrected chi connectivity index (χ1v) is 12.6. The summed E-state index contributed by atoms with van der Waals surface area (Å²) >= 11 is 6.47. The van der Waals surface area contributed by atoms with Crippen molar-refractivity contribution in [2.75, 3.05) is 23.3 Å². The number of carbonyl (C=O) groups excluding carboxylic acids is 1. The summed E-state index contributed by atoms with van der Waals surface area (Å²) in [5, 5.41) is 7.67. The van der Waals surface area contributed by atoms with Gasteiger partial charge in [-0.15, -0.1) is 0 Å². The summed E-state index contributed by atoms with van der Waals surface area (Å²) in [5.74, 6) is -2.87. The molecule has 0 radical (unpaired) electrons. The highest BCUT2D eigenvalue weighted by molar-refractivity contribution is 7.89. The lowest BCUT2D eigenvalue weighted by atomic mass is 9.82. The lowest BCUT2D eigenvalue weighted by Gasteiger charge is -2.29. The molecule has 1 saturated carbocycles. The molecular weight excluding hydrogens is 476 g/mol. The van der Waals surface area contributed by atoms with E-state index < -0.39 is 26.9 Å². The molecule has 3 N–H and O–H groups in total. The Morgan fingerprint density at radius 1 is 1.21 bits per heavy atom. The van der Waals surface area contributed by atoms with E-state index in [4.69, 9.17) is 16.7 Å². The molecule has 2 fully saturated rings. The van der Waals surface area contributed by atoms with Gasteiger partial charge < -0.3 is 10.2 Å². The summed E-state index contributed by atoms with van der Waals surface area (Å²) < 4.78 is 51.1. The summed E-state index contributed by atoms with van der Waals surface area (Å²) in [5.41, 5.74) is 0.958. The number of halogens is 3. The number of sulfonamides is 1. The predicted molar refractivity (Wildman–Crippen MR) is 120 cm³/mol. The van der Waals surface area contributed by atoms with Crippen molar-refractivity contribution < 1.29 is 22.0 Å². The Kier molecular flexibility index (Phi) is 6.56. The quantitative estimate of drug-likeness (QED) is 0.643. The Morgan fingerprint density at radius 2 is 1.97 bits per heavy atom. The van der Waals surface area contributed by atoms with Crippen LogP contribution in [0.4, 0.5) is 20.3 Å². The number of nitrogens with zero attached hydrogens (tertiary/aromatic N) is 3. The van der Waals surface area contributed by atoms with Gasteiger partial charge in [-0.3, -0.25) is 4.79 Å². The maximum Gasteiger partial charge on any atom is 0.259 e. The number of primary sulfonamides is 1. The zero-order valence-corrected chi connectivity index (χ0v) is 19.3. The number of nitrogens with one attached hydrogen (secondary N) is 1. The molecule has 1 aliphatic heterocycles. The fourth-order valence-electron chi connectivity index (χ4n) is 3.99. The van der Waals surface area contributed by atoms with E-state index in [0.717, 1.165) is 25.3 Å². The predicted octanol–water partition coefficient (Wildman–Crippen LogP) is 3.92. The van der Waals surface area contributed by atoms with Crippen molar-refractivity contribution in [1.29, 1.82) is 0 Å². The number of hydrogen-bond donors (Lipinski definition) is 2. The van der Waals surface area contributed by atoms with Crippen LogP contribution < -0.4 is 15.4 Å². The summed E-state index contributed by atoms with van der Waals surface area (Å²) in [7, 11) is -4.06. The van der Waals surface area contributed by atoms with E-state index in [1.807, 2.05) is 0 Å². The third-order valence-electron chi connectivity index (χ3n) is 6.02. The molecule has 178 valence electrons. The molecule has 33 heavy (non-hydrogen) atoms. The summed E-state index contributed by atoms with van der Waals surface area (Å²) in [4.78, 5) is 23.3. The second-order valence-corrected chi connectivity index (χ2v) is 10.3. The standard InChI is InChI=1S/C21H24ClF2N5O3S/c22-16-12-15(20(30)27-14-5-8-26-17(11-14)33(25,31)32)19(28-18(16)13-3-1-4-13)29-9-2-6-21(23,24)7-10-29/h5,8,11-13H,1-4,6-7,9-10H2,(H2,25,31,32)(H,26,27,30). The minimum Gasteiger partial charge on any atom is -0.356 e. The molecule has 1 saturated heterocycles. The number of nitrogens with two attached hydrogens (primary N) is 1. The largest absolute Gasteiger partial charge is 0.356 e. The van der Waals surface area contributed by atoms with Crippen molar-refractivity contribution in [1.82, 2.24) is 9.97 Å². The van der Waals surface area contributed by atoms with Crippen LogP contribution in [0, 0.1) is 0 Å². The number of carbonyl (C=O) groups is 1. The van der Waals surface area contributed by atoms with E-state index in [-0.39, 0.29) is 43.0 Å². The van der Waals surface area contributed by atoms with Gasteiger partial charge in [0.05, 0.1) is 16.3 Å². The van der Waals surface area contributed by atoms with Crippen LogP contribution in [-0.2, 0) is 10.0 Å². The van der Waals surface area contributed by atoms with Gasteiger partial charge in [-0.2, -0.15) is 0 Å². The second kappa shape index (κ2) is 9.11. The number of pyridine rings is 2. The van der Waals surface area contributed by atoms with Gasteiger partial charge in [0.1, 0.15) is 5.82 Å². The average molecular weight is 500 g/mol. The number of anilines is 2. The maximum atomic E-state index is 14.0. The SMILES string of the molecule is NS(=O)(=O)c1cc(NC(=O)c2cc(Cl)c(C3CCC3)nc2N2CCCC(F)(F)CC2)ccn1. The van der Waals surface area contributed by atoms with E-state index in [1.54, 1.807) is 4.90 Å². The fourth-order valence-corrected chi connectivity index (χ4v) is 4.79. The van der Waals surface area contributed by atoms with Crippen molar-refractivity contribution in [2.24, 2.45) is 5.14 Å². The lowest BCUT2D eigenvalue weighted by molar-refractivity contribution is -0.0102. The van der Waals surface area contributed by atoms with Gasteiger partial charge in [0.2, 0.25) is 5.92 Å². The molecule has 4 rings (SSSR count). The first-order chi connectivity index (χ1) is 15.5. The van der Waals surface area contributed by atoms with E-state index in [2.05, 4.69) is 15.3 Å². The third kappa shape index (κ3) is 5.42. The number of hydrogen-bond acceptors (Lipinski definition) is 6. The van der Waals surface area contributed by atoms with Gasteiger partial charge in [-0.1, -0.05) is 18.0 Å². The molecule has 3 heterocycles. The Balaban J connectivity index is 1.69. The van der Waals surface area contributed by atoms with Gasteiger partial charge in [0, 0.05) is 49.8 Å². The van der Waals surface area contributed by atoms with Crippen LogP contribution in [0.2, 0.25) is 5.02 Å². The molecule has 8 nitrogen and oxygen atoms in total. The molecule has 1 amide bonds. The van der Waals surface area contributed by atoms with Crippen LogP contribution in [0.25, 0.3) is 0 Å². The first-order valence-electron chi connectivity index (χ1n) is 10.7. The minimum atomic E-state index is -4.06. The van der Waals surface area contributed by atoms with Gasteiger partial charge in [0.15, 0.2) is 5.03 Å². The second-order valence-electron chi connectivity index (χ2n) is 8.43. The van der Waals surface area contributed by atoms with E-state index in [0.29, 0.717) is 23.1 Å². The highest BCUT2D eigenvalue weighted by atomic mass is 35.5. The van der Waals surface area contributed by atoms with Gasteiger partial charge in [0.25, 0.3) is 15.9 Å². The van der Waals surface area contributed by atoms with Crippen LogP contribution in [0.3, 0.4) is 0 Å². The topological polar surface area (TPSA) is 118 Å². The molecule has 2 aliphatic rings. The molecule has 0 spiro atoms. The van der Waals surface area contributed by atoms with Gasteiger partial charge in [-0.25, -0.2) is 32.3 Å². The van der Waals surface area contributed by atoms with Gasteiger partial charge in [-0.05, 0) is 31.4 Å². The molecule has 0 unspecified atom stereocenters. The van der Waals surface area contributed by atoms with Crippen molar-refractivity contribution in [3.05, 3.63) is 40.7 Å². The maximum absolute atomic E-state index is 14.0. The highest BCUT2D eigenvalue weighted by Crippen LogP contribution is 2.41. The Morgan fingerprint density at radius 3 is 2.64 bits per heavy atom. The zero-order valence-electron chi connectivity index (χ0n) is 17.7. The number of amides is 1. The summed E-state index contributed by atoms with van der Waals surface area (Å²) in [6, 6.07) is 4.06. The van der Waals surface area contributed by atoms with Crippen LogP contribution >= 0.6 is 11.6 Å². The van der Waals surface area contributed by atoms with Crippen molar-refractivity contribution >= 4 is 39.0 Å². The number of rotatable bonds is 5.